The molecule has 0 aliphatic heterocycles. The summed E-state index contributed by atoms with van der Waals surface area (Å²) in [6.45, 7) is 2.71. The Morgan fingerprint density at radius 2 is 2.19 bits per heavy atom. The van der Waals surface area contributed by atoms with Gasteiger partial charge in [-0.25, -0.2) is 0 Å². The van der Waals surface area contributed by atoms with Crippen molar-refractivity contribution in [2.45, 2.75) is 19.5 Å². The van der Waals surface area contributed by atoms with Crippen molar-refractivity contribution in [1.29, 1.82) is 0 Å². The highest BCUT2D eigenvalue weighted by Crippen LogP contribution is 2.22. The molecule has 0 amide bonds. The fourth-order valence-corrected chi connectivity index (χ4v) is 1.82. The molecule has 1 unspecified atom stereocenters. The lowest BCUT2D eigenvalue weighted by Crippen LogP contribution is -2.18. The van der Waals surface area contributed by atoms with Gasteiger partial charge in [-0.1, -0.05) is 35.0 Å². The van der Waals surface area contributed by atoms with Gasteiger partial charge in [0.1, 0.15) is 5.76 Å². The normalized spacial score (nSPS) is 12.6. The van der Waals surface area contributed by atoms with Gasteiger partial charge in [-0.3, -0.25) is 0 Å². The van der Waals surface area contributed by atoms with Crippen LogP contribution in [0.2, 0.25) is 5.02 Å². The van der Waals surface area contributed by atoms with Crippen molar-refractivity contribution in [3.05, 3.63) is 52.9 Å². The van der Waals surface area contributed by atoms with Crippen LogP contribution in [0.1, 0.15) is 24.3 Å². The summed E-state index contributed by atoms with van der Waals surface area (Å²) in [7, 11) is 0. The van der Waals surface area contributed by atoms with Crippen LogP contribution >= 0.6 is 11.6 Å². The van der Waals surface area contributed by atoms with Crippen molar-refractivity contribution < 1.29 is 4.52 Å². The fraction of sp³-hybridized carbons (Fsp3) is 0.250. The molecular formula is C12H13ClN2O. The largest absolute Gasteiger partial charge is 0.360 e. The minimum absolute atomic E-state index is 0.179. The molecule has 0 aliphatic rings. The third-order valence-corrected chi connectivity index (χ3v) is 2.79. The highest BCUT2D eigenvalue weighted by molar-refractivity contribution is 6.31. The Kier molecular flexibility index (Phi) is 3.59. The van der Waals surface area contributed by atoms with Gasteiger partial charge in [-0.2, -0.15) is 0 Å². The Hall–Kier alpha value is -1.32. The van der Waals surface area contributed by atoms with Crippen LogP contribution in [-0.4, -0.2) is 5.16 Å². The fourth-order valence-electron chi connectivity index (χ4n) is 1.52. The van der Waals surface area contributed by atoms with Gasteiger partial charge in [-0.15, -0.1) is 0 Å². The average molecular weight is 237 g/mol. The predicted octanol–water partition coefficient (Wildman–Crippen LogP) is 3.18. The first-order chi connectivity index (χ1) is 7.77. The van der Waals surface area contributed by atoms with Crippen LogP contribution in [0.5, 0.6) is 0 Å². The first kappa shape index (κ1) is 11.2. The van der Waals surface area contributed by atoms with Gasteiger partial charge in [0.05, 0.1) is 12.7 Å². The van der Waals surface area contributed by atoms with Crippen molar-refractivity contribution in [2.24, 2.45) is 0 Å². The van der Waals surface area contributed by atoms with Gasteiger partial charge >= 0.3 is 0 Å². The van der Waals surface area contributed by atoms with Gasteiger partial charge < -0.3 is 9.84 Å². The molecule has 0 saturated heterocycles. The molecule has 1 aromatic carbocycles. The maximum atomic E-state index is 6.10. The third kappa shape index (κ3) is 2.62. The maximum absolute atomic E-state index is 6.10. The second kappa shape index (κ2) is 5.14. The first-order valence-electron chi connectivity index (χ1n) is 5.15. The zero-order valence-corrected chi connectivity index (χ0v) is 9.74. The van der Waals surface area contributed by atoms with E-state index in [0.717, 1.165) is 16.3 Å². The van der Waals surface area contributed by atoms with Crippen LogP contribution in [0.3, 0.4) is 0 Å². The van der Waals surface area contributed by atoms with Gasteiger partial charge in [0.25, 0.3) is 0 Å². The Morgan fingerprint density at radius 1 is 1.38 bits per heavy atom. The Bertz CT molecular complexity index is 442. The standard InChI is InChI=1S/C12H13ClN2O/c1-9(11-4-2-3-5-12(11)13)14-8-10-6-7-15-16-10/h2-7,9,14H,8H2,1H3. The number of benzene rings is 1. The van der Waals surface area contributed by atoms with E-state index in [1.54, 1.807) is 6.20 Å². The lowest BCUT2D eigenvalue weighted by molar-refractivity contribution is 0.366. The smallest absolute Gasteiger partial charge is 0.150 e. The molecule has 0 spiro atoms. The number of nitrogens with zero attached hydrogens (tertiary/aromatic N) is 1. The summed E-state index contributed by atoms with van der Waals surface area (Å²) in [6.07, 6.45) is 1.64. The molecular weight excluding hydrogens is 224 g/mol. The number of rotatable bonds is 4. The summed E-state index contributed by atoms with van der Waals surface area (Å²) >= 11 is 6.10. The number of halogens is 1. The zero-order valence-electron chi connectivity index (χ0n) is 8.98. The molecule has 1 aromatic heterocycles. The first-order valence-corrected chi connectivity index (χ1v) is 5.52. The summed E-state index contributed by atoms with van der Waals surface area (Å²) in [5.74, 6) is 0.818. The number of aromatic nitrogens is 1. The molecule has 3 nitrogen and oxygen atoms in total. The maximum Gasteiger partial charge on any atom is 0.150 e. The second-order valence-electron chi connectivity index (χ2n) is 3.60. The van der Waals surface area contributed by atoms with Crippen LogP contribution in [-0.2, 0) is 6.54 Å². The van der Waals surface area contributed by atoms with E-state index < -0.39 is 0 Å². The zero-order chi connectivity index (χ0) is 11.4. The summed E-state index contributed by atoms with van der Waals surface area (Å²) in [4.78, 5) is 0. The van der Waals surface area contributed by atoms with Crippen molar-refractivity contribution in [2.75, 3.05) is 0 Å². The van der Waals surface area contributed by atoms with Crippen molar-refractivity contribution in [3.8, 4) is 0 Å². The minimum Gasteiger partial charge on any atom is -0.360 e. The van der Waals surface area contributed by atoms with Crippen molar-refractivity contribution >= 4 is 11.6 Å². The quantitative estimate of drug-likeness (QED) is 0.886. The highest BCUT2D eigenvalue weighted by atomic mass is 35.5. The van der Waals surface area contributed by atoms with Gasteiger partial charge in [-0.05, 0) is 18.6 Å². The third-order valence-electron chi connectivity index (χ3n) is 2.45. The van der Waals surface area contributed by atoms with E-state index >= 15 is 0 Å². The number of nitrogens with one attached hydrogen (secondary N) is 1. The van der Waals surface area contributed by atoms with E-state index in [2.05, 4.69) is 17.4 Å². The summed E-state index contributed by atoms with van der Waals surface area (Å²) in [5.41, 5.74) is 1.09. The van der Waals surface area contributed by atoms with Crippen molar-refractivity contribution in [3.63, 3.8) is 0 Å². The molecule has 0 aliphatic carbocycles. The lowest BCUT2D eigenvalue weighted by atomic mass is 10.1. The molecule has 16 heavy (non-hydrogen) atoms. The van der Waals surface area contributed by atoms with Crippen LogP contribution in [0.25, 0.3) is 0 Å². The van der Waals surface area contributed by atoms with E-state index in [1.807, 2.05) is 30.3 Å². The molecule has 0 fully saturated rings. The number of hydrogen-bond donors (Lipinski definition) is 1. The van der Waals surface area contributed by atoms with Crippen molar-refractivity contribution in [1.82, 2.24) is 10.5 Å². The number of hydrogen-bond acceptors (Lipinski definition) is 3. The monoisotopic (exact) mass is 236 g/mol. The Balaban J connectivity index is 1.98. The second-order valence-corrected chi connectivity index (χ2v) is 4.01. The average Bonchev–Trinajstić information content (AvgIpc) is 2.79. The highest BCUT2D eigenvalue weighted by Gasteiger charge is 2.08. The molecule has 0 bridgehead atoms. The molecule has 1 atom stereocenters. The van der Waals surface area contributed by atoms with E-state index in [4.69, 9.17) is 16.1 Å². The lowest BCUT2D eigenvalue weighted by Gasteiger charge is -2.14. The molecule has 0 radical (unpaired) electrons. The van der Waals surface area contributed by atoms with E-state index in [9.17, 15) is 0 Å². The van der Waals surface area contributed by atoms with Gasteiger partial charge in [0.2, 0.25) is 0 Å². The minimum atomic E-state index is 0.179. The van der Waals surface area contributed by atoms with E-state index in [1.165, 1.54) is 0 Å². The summed E-state index contributed by atoms with van der Waals surface area (Å²) in [5, 5.41) is 7.75. The Labute approximate surface area is 99.4 Å². The molecule has 84 valence electrons. The molecule has 0 saturated carbocycles. The SMILES string of the molecule is CC(NCc1ccno1)c1ccccc1Cl. The molecule has 2 aromatic rings. The topological polar surface area (TPSA) is 38.1 Å². The van der Waals surface area contributed by atoms with E-state index in [-0.39, 0.29) is 6.04 Å². The molecule has 4 heteroatoms. The van der Waals surface area contributed by atoms with Gasteiger partial charge in [0.15, 0.2) is 0 Å². The van der Waals surface area contributed by atoms with Crippen LogP contribution in [0.4, 0.5) is 0 Å². The van der Waals surface area contributed by atoms with Crippen LogP contribution < -0.4 is 5.32 Å². The van der Waals surface area contributed by atoms with Crippen LogP contribution in [0.15, 0.2) is 41.1 Å². The summed E-state index contributed by atoms with van der Waals surface area (Å²) in [6, 6.07) is 9.83. The van der Waals surface area contributed by atoms with Gasteiger partial charge in [0, 0.05) is 17.1 Å². The van der Waals surface area contributed by atoms with Crippen LogP contribution in [0, 0.1) is 0 Å². The van der Waals surface area contributed by atoms with E-state index in [0.29, 0.717) is 6.54 Å². The molecule has 2 rings (SSSR count). The Morgan fingerprint density at radius 3 is 2.88 bits per heavy atom. The summed E-state index contributed by atoms with van der Waals surface area (Å²) < 4.78 is 5.00. The molecule has 1 heterocycles. The molecule has 1 N–H and O–H groups in total. The predicted molar refractivity (Wildman–Crippen MR) is 63.2 cm³/mol.